The Morgan fingerprint density at radius 3 is 2.36 bits per heavy atom. The van der Waals surface area contributed by atoms with Crippen molar-refractivity contribution in [3.63, 3.8) is 0 Å². The average Bonchev–Trinajstić information content (AvgIpc) is 4.05. The first-order valence-corrected chi connectivity index (χ1v) is 19.8. The molecule has 4 heterocycles. The average molecular weight is 859 g/mol. The lowest BCUT2D eigenvalue weighted by atomic mass is 9.86. The maximum Gasteiger partial charge on any atom is 0.387 e. The van der Waals surface area contributed by atoms with Gasteiger partial charge >= 0.3 is 24.5 Å². The minimum Gasteiger partial charge on any atom is -0.619 e. The number of piperidine rings is 3. The van der Waals surface area contributed by atoms with Gasteiger partial charge in [-0.15, -0.1) is 0 Å². The van der Waals surface area contributed by atoms with Crippen LogP contribution in [0.1, 0.15) is 64.9 Å². The molecule has 3 saturated heterocycles. The third kappa shape index (κ3) is 10.9. The lowest BCUT2D eigenvalue weighted by Gasteiger charge is -2.44. The lowest BCUT2D eigenvalue weighted by Crippen LogP contribution is -2.52. The molecule has 8 rings (SSSR count). The van der Waals surface area contributed by atoms with E-state index in [9.17, 15) is 28.4 Å². The summed E-state index contributed by atoms with van der Waals surface area (Å²) in [5.41, 5.74) is 0.856. The Bertz CT molecular complexity index is 2150. The van der Waals surface area contributed by atoms with Gasteiger partial charge in [-0.1, -0.05) is 53.5 Å². The first-order valence-electron chi connectivity index (χ1n) is 19.1. The van der Waals surface area contributed by atoms with Crippen molar-refractivity contribution in [2.45, 2.75) is 57.0 Å². The van der Waals surface area contributed by atoms with Crippen LogP contribution in [0.2, 0.25) is 10.0 Å². The first kappa shape index (κ1) is 41.9. The Balaban J connectivity index is 1.05. The zero-order chi connectivity index (χ0) is 41.6. The summed E-state index contributed by atoms with van der Waals surface area (Å²) in [7, 11) is 0. The van der Waals surface area contributed by atoms with Crippen LogP contribution in [0.3, 0.4) is 0 Å². The number of esters is 3. The second kappa shape index (κ2) is 18.8. The molecule has 4 aromatic rings. The number of nitrogens with one attached hydrogen (secondary N) is 1. The van der Waals surface area contributed by atoms with Gasteiger partial charge in [-0.25, -0.2) is 18.8 Å². The zero-order valence-corrected chi connectivity index (χ0v) is 33.0. The van der Waals surface area contributed by atoms with Crippen LogP contribution in [0.4, 0.5) is 18.9 Å². The molecular formula is C42H40Cl2F3N3O9. The van der Waals surface area contributed by atoms with Crippen molar-refractivity contribution in [3.8, 4) is 11.5 Å². The summed E-state index contributed by atoms with van der Waals surface area (Å²) in [5.74, 6) is -2.95. The molecule has 3 atom stereocenters. The SMILES string of the molecule is O=C(COC(=O)c1cccc(NC(C(=O)O[C@H]2CN3CCC2CC3)c2ccccc2F)c1)OC(Cc1c(Cl)c[n+]([O-])cc1Cl)c1ccc(OC(F)F)c(OCC2CC2)c1. The predicted molar refractivity (Wildman–Crippen MR) is 208 cm³/mol. The lowest BCUT2D eigenvalue weighted by molar-refractivity contribution is -0.605. The van der Waals surface area contributed by atoms with E-state index in [-0.39, 0.29) is 80.5 Å². The fraction of sp³-hybridized carbons (Fsp3) is 0.381. The summed E-state index contributed by atoms with van der Waals surface area (Å²) < 4.78 is 69.5. The number of rotatable bonds is 17. The summed E-state index contributed by atoms with van der Waals surface area (Å²) in [6.07, 6.45) is 4.13. The van der Waals surface area contributed by atoms with Crippen molar-refractivity contribution in [2.75, 3.05) is 38.2 Å². The summed E-state index contributed by atoms with van der Waals surface area (Å²) in [5, 5.41) is 14.9. The number of fused-ring (bicyclic) bond motifs is 3. The standard InChI is InChI=1S/C42H40Cl2F3N3O9/c43-31-19-50(54)20-32(44)30(31)18-35(26-10-11-34(59-42(46)47)36(17-26)55-22-24-8-9-24)57-38(51)23-56-40(52)27-4-3-5-28(16-27)48-39(29-6-1-2-7-33(29)45)41(53)58-37-21-49-14-12-25(37)13-15-49/h1-7,10-11,16-17,19-20,24-25,35,37,39,42,48H,8-9,12-15,18,21-23H2/t35?,37-,39?/m0/s1. The van der Waals surface area contributed by atoms with E-state index in [4.69, 9.17) is 42.1 Å². The van der Waals surface area contributed by atoms with Crippen molar-refractivity contribution in [2.24, 2.45) is 11.8 Å². The maximum atomic E-state index is 15.1. The van der Waals surface area contributed by atoms with Crippen LogP contribution >= 0.6 is 23.2 Å². The number of ether oxygens (including phenoxy) is 5. The van der Waals surface area contributed by atoms with Gasteiger partial charge in [-0.3, -0.25) is 4.90 Å². The molecule has 59 heavy (non-hydrogen) atoms. The van der Waals surface area contributed by atoms with Gasteiger partial charge in [0.05, 0.1) is 12.2 Å². The van der Waals surface area contributed by atoms with Crippen LogP contribution in [0, 0.1) is 22.9 Å². The number of aromatic nitrogens is 1. The van der Waals surface area contributed by atoms with Gasteiger partial charge in [0.1, 0.15) is 28.1 Å². The summed E-state index contributed by atoms with van der Waals surface area (Å²) in [4.78, 5) is 42.5. The molecular weight excluding hydrogens is 818 g/mol. The molecule has 12 nitrogen and oxygen atoms in total. The van der Waals surface area contributed by atoms with Crippen LogP contribution in [0.25, 0.3) is 0 Å². The summed E-state index contributed by atoms with van der Waals surface area (Å²) in [6.45, 7) is -1.23. The van der Waals surface area contributed by atoms with Crippen LogP contribution < -0.4 is 19.5 Å². The minimum atomic E-state index is -3.13. The first-order chi connectivity index (χ1) is 28.4. The van der Waals surface area contributed by atoms with Gasteiger partial charge in [0.2, 0.25) is 0 Å². The Kier molecular flexibility index (Phi) is 13.3. The Morgan fingerprint density at radius 1 is 0.932 bits per heavy atom. The smallest absolute Gasteiger partial charge is 0.387 e. The second-order valence-corrected chi connectivity index (χ2v) is 15.5. The third-order valence-electron chi connectivity index (χ3n) is 10.5. The fourth-order valence-corrected chi connectivity index (χ4v) is 7.80. The molecule has 3 aromatic carbocycles. The molecule has 1 N–H and O–H groups in total. The highest BCUT2D eigenvalue weighted by Gasteiger charge is 2.38. The molecule has 1 aliphatic carbocycles. The summed E-state index contributed by atoms with van der Waals surface area (Å²) >= 11 is 12.7. The quantitative estimate of drug-likeness (QED) is 0.0486. The normalized spacial score (nSPS) is 19.4. The number of carbonyl (C=O) groups is 3. The molecule has 0 radical (unpaired) electrons. The van der Waals surface area contributed by atoms with Gasteiger partial charge in [0.15, 0.2) is 36.5 Å². The number of anilines is 1. The molecule has 2 unspecified atom stereocenters. The van der Waals surface area contributed by atoms with Crippen molar-refractivity contribution in [1.29, 1.82) is 0 Å². The maximum absolute atomic E-state index is 15.1. The van der Waals surface area contributed by atoms with Gasteiger partial charge in [0.25, 0.3) is 0 Å². The molecule has 4 fully saturated rings. The van der Waals surface area contributed by atoms with E-state index in [0.29, 0.717) is 11.3 Å². The van der Waals surface area contributed by atoms with Crippen LogP contribution in [0.5, 0.6) is 11.5 Å². The van der Waals surface area contributed by atoms with Gasteiger partial charge in [-0.2, -0.15) is 13.5 Å². The van der Waals surface area contributed by atoms with Gasteiger partial charge in [0, 0.05) is 29.8 Å². The highest BCUT2D eigenvalue weighted by Crippen LogP contribution is 2.38. The van der Waals surface area contributed by atoms with Crippen LogP contribution in [-0.4, -0.2) is 68.4 Å². The van der Waals surface area contributed by atoms with E-state index in [0.717, 1.165) is 51.2 Å². The third-order valence-corrected chi connectivity index (χ3v) is 11.1. The Labute approximate surface area is 347 Å². The van der Waals surface area contributed by atoms with E-state index in [1.54, 1.807) is 12.1 Å². The second-order valence-electron chi connectivity index (χ2n) is 14.7. The van der Waals surface area contributed by atoms with E-state index < -0.39 is 49.1 Å². The van der Waals surface area contributed by atoms with E-state index >= 15 is 4.39 Å². The number of nitrogens with zero attached hydrogens (tertiary/aromatic N) is 2. The minimum absolute atomic E-state index is 0.00164. The van der Waals surface area contributed by atoms with Crippen molar-refractivity contribution < 1.29 is 56.0 Å². The van der Waals surface area contributed by atoms with Gasteiger partial charge < -0.3 is 34.2 Å². The van der Waals surface area contributed by atoms with Crippen LogP contribution in [0.15, 0.2) is 79.1 Å². The van der Waals surface area contributed by atoms with Crippen LogP contribution in [-0.2, 0) is 30.2 Å². The van der Waals surface area contributed by atoms with Gasteiger partial charge in [-0.05, 0) is 92.6 Å². The largest absolute Gasteiger partial charge is 0.619 e. The van der Waals surface area contributed by atoms with E-state index in [1.807, 2.05) is 0 Å². The topological polar surface area (TPSA) is 140 Å². The zero-order valence-electron chi connectivity index (χ0n) is 31.5. The molecule has 17 heteroatoms. The molecule has 2 bridgehead atoms. The molecule has 1 saturated carbocycles. The Morgan fingerprint density at radius 2 is 1.68 bits per heavy atom. The van der Waals surface area contributed by atoms with E-state index in [1.165, 1.54) is 54.6 Å². The summed E-state index contributed by atoms with van der Waals surface area (Å²) in [6, 6.07) is 14.6. The highest BCUT2D eigenvalue weighted by molar-refractivity contribution is 6.35. The predicted octanol–water partition coefficient (Wildman–Crippen LogP) is 7.63. The molecule has 312 valence electrons. The molecule has 4 aliphatic rings. The molecule has 3 aliphatic heterocycles. The number of benzene rings is 3. The monoisotopic (exact) mass is 857 g/mol. The number of hydrogen-bond acceptors (Lipinski definition) is 11. The Hall–Kier alpha value is -5.25. The number of hydrogen-bond donors (Lipinski definition) is 1. The van der Waals surface area contributed by atoms with Crippen molar-refractivity contribution in [3.05, 3.63) is 122 Å². The van der Waals surface area contributed by atoms with Crippen molar-refractivity contribution >= 4 is 46.8 Å². The number of pyridine rings is 1. The van der Waals surface area contributed by atoms with Crippen molar-refractivity contribution in [1.82, 2.24) is 4.90 Å². The fourth-order valence-electron chi connectivity index (χ4n) is 7.20. The number of carbonyl (C=O) groups excluding carboxylic acids is 3. The number of alkyl halides is 2. The molecule has 0 spiro atoms. The van der Waals surface area contributed by atoms with E-state index in [2.05, 4.69) is 15.0 Å². The molecule has 1 aromatic heterocycles. The number of halogens is 5. The highest BCUT2D eigenvalue weighted by atomic mass is 35.5. The molecule has 0 amide bonds.